The molecule has 0 aliphatic rings. The number of esters is 1. The van der Waals surface area contributed by atoms with Crippen molar-refractivity contribution in [1.82, 2.24) is 10.2 Å². The molecule has 7 heteroatoms. The van der Waals surface area contributed by atoms with E-state index in [9.17, 15) is 18.0 Å². The molecule has 0 saturated carbocycles. The molecule has 0 aromatic carbocycles. The van der Waals surface area contributed by atoms with Crippen molar-refractivity contribution in [2.45, 2.75) is 58.3 Å². The number of likely N-dealkylation sites (N-methyl/N-ethyl adjacent to an activating group) is 1. The number of rotatable bonds is 9. The van der Waals surface area contributed by atoms with Gasteiger partial charge in [0.25, 0.3) is 0 Å². The van der Waals surface area contributed by atoms with Crippen molar-refractivity contribution in [1.29, 1.82) is 0 Å². The molecule has 21 heavy (non-hydrogen) atoms. The minimum Gasteiger partial charge on any atom is -0.465 e. The molecule has 0 rings (SSSR count). The van der Waals surface area contributed by atoms with Gasteiger partial charge in [0.2, 0.25) is 0 Å². The fourth-order valence-corrected chi connectivity index (χ4v) is 2.18. The van der Waals surface area contributed by atoms with Gasteiger partial charge >= 0.3 is 12.1 Å². The lowest BCUT2D eigenvalue weighted by Crippen LogP contribution is -2.54. The van der Waals surface area contributed by atoms with E-state index in [4.69, 9.17) is 4.74 Å². The predicted molar refractivity (Wildman–Crippen MR) is 76.1 cm³/mol. The third kappa shape index (κ3) is 7.66. The minimum absolute atomic E-state index is 0.0876. The van der Waals surface area contributed by atoms with Crippen LogP contribution < -0.4 is 5.32 Å². The van der Waals surface area contributed by atoms with Crippen LogP contribution in [-0.2, 0) is 9.53 Å². The summed E-state index contributed by atoms with van der Waals surface area (Å²) in [5.74, 6) is -0.372. The van der Waals surface area contributed by atoms with Crippen LogP contribution in [-0.4, -0.2) is 55.4 Å². The highest BCUT2D eigenvalue weighted by atomic mass is 19.4. The SMILES string of the molecule is CCNC(C)(CC(C)N(C)CCC(F)(F)F)C(=O)OCC. The first-order valence-corrected chi connectivity index (χ1v) is 7.25. The first-order chi connectivity index (χ1) is 9.55. The molecule has 1 N–H and O–H groups in total. The second kappa shape index (κ2) is 8.58. The van der Waals surface area contributed by atoms with Gasteiger partial charge in [0.05, 0.1) is 13.0 Å². The Morgan fingerprint density at radius 3 is 2.33 bits per heavy atom. The first kappa shape index (κ1) is 20.2. The number of halogens is 3. The van der Waals surface area contributed by atoms with Crippen LogP contribution in [0, 0.1) is 0 Å². The maximum atomic E-state index is 12.3. The molecular formula is C14H27F3N2O2. The molecular weight excluding hydrogens is 285 g/mol. The quantitative estimate of drug-likeness (QED) is 0.665. The van der Waals surface area contributed by atoms with Crippen molar-refractivity contribution >= 4 is 5.97 Å². The van der Waals surface area contributed by atoms with Gasteiger partial charge in [-0.2, -0.15) is 13.2 Å². The number of nitrogens with one attached hydrogen (secondary N) is 1. The van der Waals surface area contributed by atoms with E-state index in [1.807, 2.05) is 13.8 Å². The Morgan fingerprint density at radius 1 is 1.33 bits per heavy atom. The summed E-state index contributed by atoms with van der Waals surface area (Å²) in [5.41, 5.74) is -0.892. The van der Waals surface area contributed by atoms with Crippen molar-refractivity contribution in [2.24, 2.45) is 0 Å². The highest BCUT2D eigenvalue weighted by Gasteiger charge is 2.36. The van der Waals surface area contributed by atoms with Crippen LogP contribution in [0.1, 0.15) is 40.5 Å². The van der Waals surface area contributed by atoms with E-state index in [0.29, 0.717) is 13.0 Å². The van der Waals surface area contributed by atoms with E-state index in [1.165, 1.54) is 0 Å². The summed E-state index contributed by atoms with van der Waals surface area (Å²) in [6.07, 6.45) is -4.64. The van der Waals surface area contributed by atoms with Gasteiger partial charge in [-0.15, -0.1) is 0 Å². The van der Waals surface area contributed by atoms with E-state index < -0.39 is 18.1 Å². The summed E-state index contributed by atoms with van der Waals surface area (Å²) in [6, 6.07) is -0.180. The van der Waals surface area contributed by atoms with Crippen molar-refractivity contribution in [2.75, 3.05) is 26.7 Å². The molecule has 0 aliphatic carbocycles. The van der Waals surface area contributed by atoms with Crippen molar-refractivity contribution in [3.05, 3.63) is 0 Å². The first-order valence-electron chi connectivity index (χ1n) is 7.25. The number of hydrogen-bond acceptors (Lipinski definition) is 4. The fraction of sp³-hybridized carbons (Fsp3) is 0.929. The lowest BCUT2D eigenvalue weighted by molar-refractivity contribution is -0.152. The summed E-state index contributed by atoms with van der Waals surface area (Å²) in [6.45, 7) is 7.90. The number of carbonyl (C=O) groups is 1. The average Bonchev–Trinajstić information content (AvgIpc) is 2.35. The Balaban J connectivity index is 4.65. The molecule has 0 amide bonds. The molecule has 4 nitrogen and oxygen atoms in total. The Labute approximate surface area is 125 Å². The summed E-state index contributed by atoms with van der Waals surface area (Å²) in [5, 5.41) is 3.08. The van der Waals surface area contributed by atoms with Crippen LogP contribution in [0.5, 0.6) is 0 Å². The summed E-state index contributed by atoms with van der Waals surface area (Å²) in [7, 11) is 1.63. The van der Waals surface area contributed by atoms with Crippen LogP contribution in [0.15, 0.2) is 0 Å². The molecule has 0 saturated heterocycles. The predicted octanol–water partition coefficient (Wildman–Crippen LogP) is 2.58. The zero-order chi connectivity index (χ0) is 16.7. The lowest BCUT2D eigenvalue weighted by Gasteiger charge is -2.34. The molecule has 0 aromatic rings. The molecule has 0 radical (unpaired) electrons. The Hall–Kier alpha value is -0.820. The maximum absolute atomic E-state index is 12.3. The lowest BCUT2D eigenvalue weighted by atomic mass is 9.92. The van der Waals surface area contributed by atoms with E-state index in [1.54, 1.807) is 25.8 Å². The van der Waals surface area contributed by atoms with Gasteiger partial charge in [-0.1, -0.05) is 6.92 Å². The van der Waals surface area contributed by atoms with E-state index in [0.717, 1.165) is 0 Å². The number of carbonyl (C=O) groups excluding carboxylic acids is 1. The van der Waals surface area contributed by atoms with Crippen molar-refractivity contribution < 1.29 is 22.7 Å². The number of hydrogen-bond donors (Lipinski definition) is 1. The van der Waals surface area contributed by atoms with Gasteiger partial charge in [-0.05, 0) is 40.8 Å². The summed E-state index contributed by atoms with van der Waals surface area (Å²) >= 11 is 0. The van der Waals surface area contributed by atoms with Gasteiger partial charge in [-0.25, -0.2) is 0 Å². The largest absolute Gasteiger partial charge is 0.465 e. The normalized spacial score (nSPS) is 16.6. The van der Waals surface area contributed by atoms with Gasteiger partial charge in [-0.3, -0.25) is 4.79 Å². The van der Waals surface area contributed by atoms with Gasteiger partial charge in [0.1, 0.15) is 5.54 Å². The third-order valence-electron chi connectivity index (χ3n) is 3.50. The zero-order valence-electron chi connectivity index (χ0n) is 13.5. The van der Waals surface area contributed by atoms with E-state index >= 15 is 0 Å². The molecule has 126 valence electrons. The highest BCUT2D eigenvalue weighted by Crippen LogP contribution is 2.22. The van der Waals surface area contributed by atoms with E-state index in [-0.39, 0.29) is 25.2 Å². The molecule has 0 heterocycles. The van der Waals surface area contributed by atoms with Crippen LogP contribution in [0.2, 0.25) is 0 Å². The zero-order valence-corrected chi connectivity index (χ0v) is 13.5. The van der Waals surface area contributed by atoms with Crippen LogP contribution in [0.25, 0.3) is 0 Å². The monoisotopic (exact) mass is 312 g/mol. The topological polar surface area (TPSA) is 41.6 Å². The van der Waals surface area contributed by atoms with Crippen LogP contribution in [0.3, 0.4) is 0 Å². The molecule has 0 fully saturated rings. The van der Waals surface area contributed by atoms with Gasteiger partial charge in [0.15, 0.2) is 0 Å². The third-order valence-corrected chi connectivity index (χ3v) is 3.50. The average molecular weight is 312 g/mol. The summed E-state index contributed by atoms with van der Waals surface area (Å²) in [4.78, 5) is 13.7. The standard InChI is InChI=1S/C14H27F3N2O2/c1-6-18-13(4,12(20)21-7-2)10-11(3)19(5)9-8-14(15,16)17/h11,18H,6-10H2,1-5H3. The van der Waals surface area contributed by atoms with Gasteiger partial charge in [0, 0.05) is 12.6 Å². The minimum atomic E-state index is -4.17. The Morgan fingerprint density at radius 2 is 1.90 bits per heavy atom. The maximum Gasteiger partial charge on any atom is 0.390 e. The Kier molecular flexibility index (Phi) is 8.25. The molecule has 0 aromatic heterocycles. The fourth-order valence-electron chi connectivity index (χ4n) is 2.18. The Bertz CT molecular complexity index is 324. The van der Waals surface area contributed by atoms with Gasteiger partial charge < -0.3 is 15.0 Å². The molecule has 0 spiro atoms. The van der Waals surface area contributed by atoms with Crippen molar-refractivity contribution in [3.8, 4) is 0 Å². The number of alkyl halides is 3. The van der Waals surface area contributed by atoms with E-state index in [2.05, 4.69) is 5.32 Å². The van der Waals surface area contributed by atoms with Crippen LogP contribution >= 0.6 is 0 Å². The molecule has 0 aliphatic heterocycles. The smallest absolute Gasteiger partial charge is 0.390 e. The number of nitrogens with zero attached hydrogens (tertiary/aromatic N) is 1. The molecule has 2 atom stereocenters. The highest BCUT2D eigenvalue weighted by molar-refractivity contribution is 5.80. The number of ether oxygens (including phenoxy) is 1. The molecule has 0 bridgehead atoms. The summed E-state index contributed by atoms with van der Waals surface area (Å²) < 4.78 is 41.8. The molecule has 2 unspecified atom stereocenters. The van der Waals surface area contributed by atoms with Crippen LogP contribution in [0.4, 0.5) is 13.2 Å². The second-order valence-corrected chi connectivity index (χ2v) is 5.48. The van der Waals surface area contributed by atoms with Crippen molar-refractivity contribution in [3.63, 3.8) is 0 Å². The second-order valence-electron chi connectivity index (χ2n) is 5.48.